The SMILES string of the molecule is c1ccc(-c2nc3cc4c(cc3o2)oc2cc(-c3ccc(N(c5ccc6ccccc6c5)c5ccccc5-c5ccccc5)cc3)ccc24)cc1. The van der Waals surface area contributed by atoms with Crippen molar-refractivity contribution >= 4 is 60.9 Å². The number of para-hydroxylation sites is 1. The lowest BCUT2D eigenvalue weighted by Gasteiger charge is -2.28. The molecule has 0 saturated carbocycles. The number of hydrogen-bond acceptors (Lipinski definition) is 4. The number of hydrogen-bond donors (Lipinski definition) is 0. The molecule has 2 heterocycles. The maximum Gasteiger partial charge on any atom is 0.227 e. The molecule has 0 spiro atoms. The smallest absolute Gasteiger partial charge is 0.227 e. The van der Waals surface area contributed by atoms with Crippen LogP contribution in [0.2, 0.25) is 0 Å². The molecule has 0 N–H and O–H groups in total. The molecule has 8 aromatic carbocycles. The Bertz CT molecular complexity index is 2850. The van der Waals surface area contributed by atoms with Crippen LogP contribution in [-0.2, 0) is 0 Å². The monoisotopic (exact) mass is 654 g/mol. The summed E-state index contributed by atoms with van der Waals surface area (Å²) in [5.41, 5.74) is 11.9. The Labute approximate surface area is 294 Å². The van der Waals surface area contributed by atoms with Crippen molar-refractivity contribution in [2.24, 2.45) is 0 Å². The van der Waals surface area contributed by atoms with E-state index in [0.29, 0.717) is 11.5 Å². The second kappa shape index (κ2) is 11.9. The molecule has 0 aliphatic carbocycles. The first-order valence-corrected chi connectivity index (χ1v) is 17.1. The van der Waals surface area contributed by atoms with Gasteiger partial charge in [-0.1, -0.05) is 115 Å². The maximum absolute atomic E-state index is 6.41. The van der Waals surface area contributed by atoms with Crippen LogP contribution >= 0.6 is 0 Å². The van der Waals surface area contributed by atoms with Crippen LogP contribution in [0.3, 0.4) is 0 Å². The third kappa shape index (κ3) is 5.13. The van der Waals surface area contributed by atoms with Gasteiger partial charge in [-0.15, -0.1) is 0 Å². The van der Waals surface area contributed by atoms with Gasteiger partial charge in [0.2, 0.25) is 5.89 Å². The first-order chi connectivity index (χ1) is 25.2. The van der Waals surface area contributed by atoms with E-state index in [1.165, 1.54) is 21.9 Å². The molecular formula is C47H30N2O2. The molecule has 0 radical (unpaired) electrons. The van der Waals surface area contributed by atoms with Crippen LogP contribution in [-0.4, -0.2) is 4.98 Å². The summed E-state index contributed by atoms with van der Waals surface area (Å²) in [4.78, 5) is 7.13. The van der Waals surface area contributed by atoms with Gasteiger partial charge in [0.05, 0.1) is 5.69 Å². The van der Waals surface area contributed by atoms with Gasteiger partial charge in [0.15, 0.2) is 5.58 Å². The number of oxazole rings is 1. The van der Waals surface area contributed by atoms with Crippen LogP contribution < -0.4 is 4.90 Å². The van der Waals surface area contributed by atoms with Crippen LogP contribution in [0, 0.1) is 0 Å². The number of rotatable bonds is 6. The Morgan fingerprint density at radius 2 is 1.06 bits per heavy atom. The molecule has 10 rings (SSSR count). The third-order valence-electron chi connectivity index (χ3n) is 9.68. The van der Waals surface area contributed by atoms with E-state index in [0.717, 1.165) is 61.2 Å². The summed E-state index contributed by atoms with van der Waals surface area (Å²) in [6.07, 6.45) is 0. The highest BCUT2D eigenvalue weighted by atomic mass is 16.4. The second-order valence-corrected chi connectivity index (χ2v) is 12.8. The average molecular weight is 655 g/mol. The molecule has 0 bridgehead atoms. The highest BCUT2D eigenvalue weighted by molar-refractivity contribution is 6.09. The van der Waals surface area contributed by atoms with Crippen LogP contribution in [0.1, 0.15) is 0 Å². The van der Waals surface area contributed by atoms with Crippen LogP contribution in [0.25, 0.3) is 77.5 Å². The maximum atomic E-state index is 6.41. The number of anilines is 3. The molecule has 0 unspecified atom stereocenters. The zero-order chi connectivity index (χ0) is 33.7. The minimum Gasteiger partial charge on any atom is -0.456 e. The van der Waals surface area contributed by atoms with E-state index in [9.17, 15) is 0 Å². The molecule has 0 saturated heterocycles. The molecule has 51 heavy (non-hydrogen) atoms. The Kier molecular flexibility index (Phi) is 6.78. The fourth-order valence-corrected chi connectivity index (χ4v) is 7.16. The zero-order valence-corrected chi connectivity index (χ0v) is 27.5. The number of benzene rings is 8. The second-order valence-electron chi connectivity index (χ2n) is 12.8. The molecule has 4 heteroatoms. The van der Waals surface area contributed by atoms with Gasteiger partial charge in [0, 0.05) is 39.3 Å². The quantitative estimate of drug-likeness (QED) is 0.179. The lowest BCUT2D eigenvalue weighted by Crippen LogP contribution is -2.11. The summed E-state index contributed by atoms with van der Waals surface area (Å²) in [7, 11) is 0. The number of furan rings is 1. The molecule has 2 aromatic heterocycles. The topological polar surface area (TPSA) is 42.4 Å². The molecule has 0 amide bonds. The van der Waals surface area contributed by atoms with E-state index >= 15 is 0 Å². The summed E-state index contributed by atoms with van der Waals surface area (Å²) >= 11 is 0. The van der Waals surface area contributed by atoms with E-state index < -0.39 is 0 Å². The first kappa shape index (κ1) is 29.0. The van der Waals surface area contributed by atoms with Gasteiger partial charge in [-0.25, -0.2) is 4.98 Å². The molecular weight excluding hydrogens is 625 g/mol. The van der Waals surface area contributed by atoms with Crippen LogP contribution in [0.4, 0.5) is 17.1 Å². The fraction of sp³-hybridized carbons (Fsp3) is 0. The average Bonchev–Trinajstić information content (AvgIpc) is 3.78. The molecule has 4 nitrogen and oxygen atoms in total. The number of aromatic nitrogens is 1. The van der Waals surface area contributed by atoms with Gasteiger partial charge in [-0.3, -0.25) is 0 Å². The predicted molar refractivity (Wildman–Crippen MR) is 210 cm³/mol. The molecule has 0 aliphatic heterocycles. The minimum absolute atomic E-state index is 0.607. The van der Waals surface area contributed by atoms with Crippen molar-refractivity contribution in [2.45, 2.75) is 0 Å². The summed E-state index contributed by atoms with van der Waals surface area (Å²) in [5, 5.41) is 4.50. The summed E-state index contributed by atoms with van der Waals surface area (Å²) in [6, 6.07) is 63.6. The van der Waals surface area contributed by atoms with Crippen molar-refractivity contribution in [1.29, 1.82) is 0 Å². The summed E-state index contributed by atoms with van der Waals surface area (Å²) in [5.74, 6) is 0.607. The highest BCUT2D eigenvalue weighted by Gasteiger charge is 2.18. The first-order valence-electron chi connectivity index (χ1n) is 17.1. The fourth-order valence-electron chi connectivity index (χ4n) is 7.16. The largest absolute Gasteiger partial charge is 0.456 e. The zero-order valence-electron chi connectivity index (χ0n) is 27.5. The van der Waals surface area contributed by atoms with Crippen molar-refractivity contribution in [3.05, 3.63) is 182 Å². The van der Waals surface area contributed by atoms with E-state index in [1.807, 2.05) is 36.4 Å². The van der Waals surface area contributed by atoms with Gasteiger partial charge in [-0.05, 0) is 88.1 Å². The highest BCUT2D eigenvalue weighted by Crippen LogP contribution is 2.42. The lowest BCUT2D eigenvalue weighted by molar-refractivity contribution is 0.617. The van der Waals surface area contributed by atoms with Crippen molar-refractivity contribution in [3.63, 3.8) is 0 Å². The van der Waals surface area contributed by atoms with E-state index in [-0.39, 0.29) is 0 Å². The summed E-state index contributed by atoms with van der Waals surface area (Å²) < 4.78 is 12.5. The number of nitrogens with zero attached hydrogens (tertiary/aromatic N) is 2. The molecule has 0 atom stereocenters. The Hall–Kier alpha value is -6.91. The number of fused-ring (bicyclic) bond motifs is 5. The van der Waals surface area contributed by atoms with E-state index in [2.05, 4.69) is 150 Å². The van der Waals surface area contributed by atoms with Gasteiger partial charge in [0.1, 0.15) is 16.7 Å². The van der Waals surface area contributed by atoms with Gasteiger partial charge >= 0.3 is 0 Å². The predicted octanol–water partition coefficient (Wildman–Crippen LogP) is 13.4. The Morgan fingerprint density at radius 1 is 0.392 bits per heavy atom. The van der Waals surface area contributed by atoms with E-state index in [1.54, 1.807) is 0 Å². The normalized spacial score (nSPS) is 11.5. The van der Waals surface area contributed by atoms with Gasteiger partial charge < -0.3 is 13.7 Å². The van der Waals surface area contributed by atoms with Gasteiger partial charge in [0.25, 0.3) is 0 Å². The molecule has 10 aromatic rings. The minimum atomic E-state index is 0.607. The summed E-state index contributed by atoms with van der Waals surface area (Å²) in [6.45, 7) is 0. The lowest BCUT2D eigenvalue weighted by atomic mass is 10.00. The molecule has 240 valence electrons. The van der Waals surface area contributed by atoms with Crippen LogP contribution in [0.15, 0.2) is 191 Å². The third-order valence-corrected chi connectivity index (χ3v) is 9.68. The van der Waals surface area contributed by atoms with Crippen LogP contribution in [0.5, 0.6) is 0 Å². The Balaban J connectivity index is 1.04. The van der Waals surface area contributed by atoms with Crippen molar-refractivity contribution in [2.75, 3.05) is 4.90 Å². The standard InChI is InChI=1S/C47H30N2O2/c1-3-12-33(13-4-1)39-17-9-10-18-43(39)49(38-25-21-31-11-7-8-16-35(31)27-38)37-23-19-32(20-24-37)36-22-26-40-41-29-42-46(30-45(41)50-44(40)28-36)51-47(48-42)34-14-5-2-6-15-34/h1-30H. The Morgan fingerprint density at radius 3 is 1.88 bits per heavy atom. The van der Waals surface area contributed by atoms with Crippen molar-refractivity contribution in [1.82, 2.24) is 4.98 Å². The van der Waals surface area contributed by atoms with Crippen molar-refractivity contribution in [3.8, 4) is 33.7 Å². The van der Waals surface area contributed by atoms with Crippen molar-refractivity contribution < 1.29 is 8.83 Å². The molecule has 0 fully saturated rings. The van der Waals surface area contributed by atoms with E-state index in [4.69, 9.17) is 13.8 Å². The van der Waals surface area contributed by atoms with Gasteiger partial charge in [-0.2, -0.15) is 0 Å². The molecule has 0 aliphatic rings.